The molecule has 0 fully saturated rings. The molecular weight excluding hydrogens is 196 g/mol. The molecule has 0 aromatic heterocycles. The third kappa shape index (κ3) is 5.84. The Balaban J connectivity index is 3.83. The van der Waals surface area contributed by atoms with Crippen molar-refractivity contribution in [1.29, 1.82) is 5.26 Å². The molecule has 0 aromatic carbocycles. The standard InChI is InChI=1S/C9H18N4S/c1-4-13(5-2)7-6-11-9(14-3)12-8-10/h4-7H2,1-3H3,(H,11,12). The molecule has 0 aliphatic rings. The maximum Gasteiger partial charge on any atom is 0.183 e. The summed E-state index contributed by atoms with van der Waals surface area (Å²) in [5.41, 5.74) is 0. The first-order chi connectivity index (χ1) is 6.78. The molecule has 5 heteroatoms. The fourth-order valence-electron chi connectivity index (χ4n) is 1.04. The molecule has 0 saturated carbocycles. The molecule has 0 aromatic rings. The normalized spacial score (nSPS) is 11.5. The third-order valence-electron chi connectivity index (χ3n) is 1.92. The Morgan fingerprint density at radius 3 is 2.57 bits per heavy atom. The van der Waals surface area contributed by atoms with Gasteiger partial charge < -0.3 is 4.90 Å². The predicted molar refractivity (Wildman–Crippen MR) is 62.4 cm³/mol. The van der Waals surface area contributed by atoms with E-state index in [0.717, 1.165) is 26.2 Å². The van der Waals surface area contributed by atoms with Crippen molar-refractivity contribution in [3.05, 3.63) is 0 Å². The van der Waals surface area contributed by atoms with Gasteiger partial charge in [0.15, 0.2) is 11.4 Å². The van der Waals surface area contributed by atoms with Gasteiger partial charge in [0, 0.05) is 6.54 Å². The van der Waals surface area contributed by atoms with E-state index in [1.165, 1.54) is 11.8 Å². The molecule has 14 heavy (non-hydrogen) atoms. The second-order valence-corrected chi connectivity index (χ2v) is 3.45. The Kier molecular flexibility index (Phi) is 8.39. The lowest BCUT2D eigenvalue weighted by atomic mass is 10.5. The zero-order valence-corrected chi connectivity index (χ0v) is 9.89. The second kappa shape index (κ2) is 8.85. The lowest BCUT2D eigenvalue weighted by Gasteiger charge is -2.16. The summed E-state index contributed by atoms with van der Waals surface area (Å²) in [5, 5.41) is 11.6. The van der Waals surface area contributed by atoms with Crippen LogP contribution in [0.5, 0.6) is 0 Å². The van der Waals surface area contributed by atoms with Crippen LogP contribution in [0.15, 0.2) is 4.99 Å². The van der Waals surface area contributed by atoms with Crippen LogP contribution >= 0.6 is 11.8 Å². The Bertz CT molecular complexity index is 205. The average molecular weight is 214 g/mol. The smallest absolute Gasteiger partial charge is 0.183 e. The lowest BCUT2D eigenvalue weighted by molar-refractivity contribution is 0.313. The van der Waals surface area contributed by atoms with Crippen LogP contribution in [0.1, 0.15) is 13.8 Å². The summed E-state index contributed by atoms with van der Waals surface area (Å²) in [5.74, 6) is 0. The molecule has 0 aliphatic carbocycles. The van der Waals surface area contributed by atoms with Crippen LogP contribution in [0.4, 0.5) is 0 Å². The number of nitriles is 1. The van der Waals surface area contributed by atoms with Crippen molar-refractivity contribution in [3.63, 3.8) is 0 Å². The minimum absolute atomic E-state index is 0.694. The molecule has 0 heterocycles. The highest BCUT2D eigenvalue weighted by atomic mass is 32.2. The molecule has 80 valence electrons. The van der Waals surface area contributed by atoms with Gasteiger partial charge in [0.1, 0.15) is 0 Å². The highest BCUT2D eigenvalue weighted by Crippen LogP contribution is 1.95. The van der Waals surface area contributed by atoms with Crippen molar-refractivity contribution in [1.82, 2.24) is 10.2 Å². The highest BCUT2D eigenvalue weighted by molar-refractivity contribution is 8.13. The quantitative estimate of drug-likeness (QED) is 0.322. The lowest BCUT2D eigenvalue weighted by Crippen LogP contribution is -2.26. The fourth-order valence-corrected chi connectivity index (χ4v) is 1.40. The fraction of sp³-hybridized carbons (Fsp3) is 0.778. The van der Waals surface area contributed by atoms with E-state index in [2.05, 4.69) is 29.1 Å². The first-order valence-corrected chi connectivity index (χ1v) is 5.96. The largest absolute Gasteiger partial charge is 0.302 e. The molecule has 0 bridgehead atoms. The van der Waals surface area contributed by atoms with Crippen LogP contribution in [0, 0.1) is 11.5 Å². The number of thioether (sulfide) groups is 1. The molecule has 0 saturated heterocycles. The van der Waals surface area contributed by atoms with E-state index in [-0.39, 0.29) is 0 Å². The Morgan fingerprint density at radius 2 is 2.14 bits per heavy atom. The SMILES string of the molecule is CCN(CC)CCN=C(NC#N)SC. The van der Waals surface area contributed by atoms with Crippen LogP contribution in [0.2, 0.25) is 0 Å². The summed E-state index contributed by atoms with van der Waals surface area (Å²) in [6, 6.07) is 0. The van der Waals surface area contributed by atoms with Gasteiger partial charge >= 0.3 is 0 Å². The van der Waals surface area contributed by atoms with Gasteiger partial charge in [-0.1, -0.05) is 25.6 Å². The van der Waals surface area contributed by atoms with Gasteiger partial charge in [-0.3, -0.25) is 10.3 Å². The summed E-state index contributed by atoms with van der Waals surface area (Å²) in [7, 11) is 0. The first kappa shape index (κ1) is 13.3. The van der Waals surface area contributed by atoms with Gasteiger partial charge in [0.05, 0.1) is 6.54 Å². The van der Waals surface area contributed by atoms with Gasteiger partial charge in [0.2, 0.25) is 0 Å². The van der Waals surface area contributed by atoms with Crippen LogP contribution in [0.25, 0.3) is 0 Å². The summed E-state index contributed by atoms with van der Waals surface area (Å²) >= 11 is 1.46. The van der Waals surface area contributed by atoms with E-state index < -0.39 is 0 Å². The van der Waals surface area contributed by atoms with Gasteiger partial charge in [-0.15, -0.1) is 0 Å². The number of nitrogens with one attached hydrogen (secondary N) is 1. The van der Waals surface area contributed by atoms with Crippen molar-refractivity contribution in [2.24, 2.45) is 4.99 Å². The second-order valence-electron chi connectivity index (χ2n) is 2.65. The number of aliphatic imine (C=N–C) groups is 1. The molecule has 0 aliphatic heterocycles. The average Bonchev–Trinajstić information content (AvgIpc) is 2.23. The number of amidine groups is 1. The Hall–Kier alpha value is -0.730. The predicted octanol–water partition coefficient (Wildman–Crippen LogP) is 1.12. The van der Waals surface area contributed by atoms with Crippen molar-refractivity contribution in [3.8, 4) is 6.19 Å². The molecule has 1 N–H and O–H groups in total. The van der Waals surface area contributed by atoms with Crippen molar-refractivity contribution in [2.45, 2.75) is 13.8 Å². The number of nitrogens with zero attached hydrogens (tertiary/aromatic N) is 3. The van der Waals surface area contributed by atoms with E-state index in [9.17, 15) is 0 Å². The summed E-state index contributed by atoms with van der Waals surface area (Å²) < 4.78 is 0. The van der Waals surface area contributed by atoms with Crippen molar-refractivity contribution in [2.75, 3.05) is 32.4 Å². The minimum Gasteiger partial charge on any atom is -0.302 e. The summed E-state index contributed by atoms with van der Waals surface area (Å²) in [4.78, 5) is 6.57. The molecular formula is C9H18N4S. The molecule has 0 rings (SSSR count). The third-order valence-corrected chi connectivity index (χ3v) is 2.54. The molecule has 0 amide bonds. The summed E-state index contributed by atoms with van der Waals surface area (Å²) in [6.45, 7) is 8.06. The van der Waals surface area contributed by atoms with Crippen molar-refractivity contribution >= 4 is 16.9 Å². The van der Waals surface area contributed by atoms with E-state index >= 15 is 0 Å². The van der Waals surface area contributed by atoms with Crippen LogP contribution in [-0.4, -0.2) is 42.5 Å². The van der Waals surface area contributed by atoms with Gasteiger partial charge in [0.25, 0.3) is 0 Å². The zero-order valence-electron chi connectivity index (χ0n) is 9.08. The topological polar surface area (TPSA) is 51.4 Å². The zero-order chi connectivity index (χ0) is 10.8. The Labute approximate surface area is 90.4 Å². The van der Waals surface area contributed by atoms with Crippen LogP contribution in [-0.2, 0) is 0 Å². The minimum atomic E-state index is 0.694. The number of likely N-dealkylation sites (N-methyl/N-ethyl adjacent to an activating group) is 1. The molecule has 0 atom stereocenters. The molecule has 0 radical (unpaired) electrons. The first-order valence-electron chi connectivity index (χ1n) is 4.74. The number of hydrogen-bond acceptors (Lipinski definition) is 4. The molecule has 0 spiro atoms. The van der Waals surface area contributed by atoms with Gasteiger partial charge in [-0.25, -0.2) is 0 Å². The number of hydrogen-bond donors (Lipinski definition) is 1. The van der Waals surface area contributed by atoms with E-state index in [0.29, 0.717) is 5.17 Å². The maximum absolute atomic E-state index is 8.40. The monoisotopic (exact) mass is 214 g/mol. The van der Waals surface area contributed by atoms with Gasteiger partial charge in [-0.2, -0.15) is 5.26 Å². The molecule has 0 unspecified atom stereocenters. The van der Waals surface area contributed by atoms with Crippen LogP contribution < -0.4 is 5.32 Å². The van der Waals surface area contributed by atoms with E-state index in [1.807, 2.05) is 12.4 Å². The maximum atomic E-state index is 8.40. The van der Waals surface area contributed by atoms with Crippen molar-refractivity contribution < 1.29 is 0 Å². The summed E-state index contributed by atoms with van der Waals surface area (Å²) in [6.07, 6.45) is 3.77. The number of rotatable bonds is 5. The van der Waals surface area contributed by atoms with Gasteiger partial charge in [-0.05, 0) is 19.3 Å². The highest BCUT2D eigenvalue weighted by Gasteiger charge is 1.98. The Morgan fingerprint density at radius 1 is 1.50 bits per heavy atom. The van der Waals surface area contributed by atoms with E-state index in [1.54, 1.807) is 0 Å². The molecule has 4 nitrogen and oxygen atoms in total. The van der Waals surface area contributed by atoms with Crippen LogP contribution in [0.3, 0.4) is 0 Å². The van der Waals surface area contributed by atoms with E-state index in [4.69, 9.17) is 5.26 Å².